The van der Waals surface area contributed by atoms with Crippen LogP contribution in [0.3, 0.4) is 0 Å². The predicted molar refractivity (Wildman–Crippen MR) is 91.8 cm³/mol. The fraction of sp³-hybridized carbons (Fsp3) is 0.647. The van der Waals surface area contributed by atoms with Crippen LogP contribution in [0.1, 0.15) is 24.8 Å². The molecule has 0 radical (unpaired) electrons. The number of ether oxygens (including phenoxy) is 3. The monoisotopic (exact) mass is 310 g/mol. The number of aryl methyl sites for hydroxylation is 1. The first kappa shape index (κ1) is 17.9. The zero-order valence-corrected chi connectivity index (χ0v) is 15.4. The van der Waals surface area contributed by atoms with E-state index >= 15 is 0 Å². The lowest BCUT2D eigenvalue weighted by atomic mass is 10.1. The van der Waals surface area contributed by atoms with Crippen molar-refractivity contribution in [2.24, 2.45) is 0 Å². The lowest BCUT2D eigenvalue weighted by Crippen LogP contribution is -2.18. The highest BCUT2D eigenvalue weighted by atomic mass is 28.3. The van der Waals surface area contributed by atoms with Crippen molar-refractivity contribution in [1.29, 1.82) is 0 Å². The average molecular weight is 311 g/mol. The van der Waals surface area contributed by atoms with Crippen LogP contribution in [0.2, 0.25) is 25.7 Å². The summed E-state index contributed by atoms with van der Waals surface area (Å²) in [5.41, 5.74) is 1.20. The Kier molecular flexibility index (Phi) is 7.09. The molecule has 0 atom stereocenters. The lowest BCUT2D eigenvalue weighted by molar-refractivity contribution is 0.322. The first-order chi connectivity index (χ1) is 9.92. The smallest absolute Gasteiger partial charge is 0.203 e. The highest BCUT2D eigenvalue weighted by Gasteiger charge is 2.16. The molecule has 0 fully saturated rings. The van der Waals surface area contributed by atoms with Gasteiger partial charge >= 0.3 is 0 Å². The van der Waals surface area contributed by atoms with Gasteiger partial charge in [0.25, 0.3) is 0 Å². The van der Waals surface area contributed by atoms with Gasteiger partial charge in [0.15, 0.2) is 11.5 Å². The maximum atomic E-state index is 5.52. The average Bonchev–Trinajstić information content (AvgIpc) is 2.44. The Labute approximate surface area is 130 Å². The highest BCUT2D eigenvalue weighted by Crippen LogP contribution is 2.40. The summed E-state index contributed by atoms with van der Waals surface area (Å²) in [5.74, 6) is 2.22. The number of methoxy groups -OCH3 is 3. The van der Waals surface area contributed by atoms with Crippen LogP contribution in [-0.2, 0) is 6.42 Å². The first-order valence-corrected chi connectivity index (χ1v) is 11.4. The van der Waals surface area contributed by atoms with Gasteiger partial charge in [-0.05, 0) is 24.5 Å². The molecule has 0 unspecified atom stereocenters. The van der Waals surface area contributed by atoms with Crippen molar-refractivity contribution in [1.82, 2.24) is 0 Å². The van der Waals surface area contributed by atoms with Crippen molar-refractivity contribution in [3.05, 3.63) is 17.7 Å². The van der Waals surface area contributed by atoms with Crippen molar-refractivity contribution in [3.63, 3.8) is 0 Å². The fourth-order valence-electron chi connectivity index (χ4n) is 2.51. The predicted octanol–water partition coefficient (Wildman–Crippen LogP) is 4.76. The number of rotatable bonds is 9. The quantitative estimate of drug-likeness (QED) is 0.486. The minimum atomic E-state index is -0.893. The van der Waals surface area contributed by atoms with Crippen molar-refractivity contribution in [2.75, 3.05) is 21.3 Å². The van der Waals surface area contributed by atoms with Crippen molar-refractivity contribution >= 4 is 8.07 Å². The highest BCUT2D eigenvalue weighted by molar-refractivity contribution is 6.76. The number of hydrogen-bond acceptors (Lipinski definition) is 3. The Morgan fingerprint density at radius 3 is 2.00 bits per heavy atom. The van der Waals surface area contributed by atoms with E-state index in [1.165, 1.54) is 30.9 Å². The zero-order valence-electron chi connectivity index (χ0n) is 14.4. The number of benzene rings is 1. The van der Waals surface area contributed by atoms with E-state index in [4.69, 9.17) is 14.2 Å². The third-order valence-corrected chi connectivity index (χ3v) is 5.51. The Balaban J connectivity index is 2.63. The summed E-state index contributed by atoms with van der Waals surface area (Å²) in [4.78, 5) is 0. The minimum Gasteiger partial charge on any atom is -0.493 e. The molecule has 0 aliphatic carbocycles. The molecule has 0 saturated carbocycles. The van der Waals surface area contributed by atoms with Crippen molar-refractivity contribution < 1.29 is 14.2 Å². The Bertz CT molecular complexity index is 438. The summed E-state index contributed by atoms with van der Waals surface area (Å²) in [6, 6.07) is 5.45. The van der Waals surface area contributed by atoms with E-state index in [1.807, 2.05) is 6.07 Å². The largest absolute Gasteiger partial charge is 0.493 e. The van der Waals surface area contributed by atoms with Crippen LogP contribution >= 0.6 is 0 Å². The molecule has 4 heteroatoms. The van der Waals surface area contributed by atoms with E-state index in [0.29, 0.717) is 5.75 Å². The molecular weight excluding hydrogens is 280 g/mol. The van der Waals surface area contributed by atoms with Crippen LogP contribution in [-0.4, -0.2) is 29.4 Å². The van der Waals surface area contributed by atoms with Crippen LogP contribution in [0.25, 0.3) is 0 Å². The van der Waals surface area contributed by atoms with Crippen LogP contribution in [0.15, 0.2) is 12.1 Å². The fourth-order valence-corrected chi connectivity index (χ4v) is 3.82. The summed E-state index contributed by atoms with van der Waals surface area (Å²) >= 11 is 0. The normalized spacial score (nSPS) is 11.3. The first-order valence-electron chi connectivity index (χ1n) is 7.70. The summed E-state index contributed by atoms with van der Waals surface area (Å²) in [7, 11) is 4.09. The molecule has 0 spiro atoms. The maximum Gasteiger partial charge on any atom is 0.203 e. The van der Waals surface area contributed by atoms with E-state index in [2.05, 4.69) is 25.7 Å². The third kappa shape index (κ3) is 5.62. The molecule has 1 rings (SSSR count). The van der Waals surface area contributed by atoms with Gasteiger partial charge in [-0.2, -0.15) is 0 Å². The molecule has 0 saturated heterocycles. The molecule has 0 aromatic heterocycles. The van der Waals surface area contributed by atoms with Crippen LogP contribution in [0.4, 0.5) is 0 Å². The molecule has 0 N–H and O–H groups in total. The molecule has 0 bridgehead atoms. The van der Waals surface area contributed by atoms with Crippen molar-refractivity contribution in [2.45, 2.75) is 51.4 Å². The van der Waals surface area contributed by atoms with Gasteiger partial charge in [0.2, 0.25) is 5.75 Å². The van der Waals surface area contributed by atoms with Crippen LogP contribution in [0, 0.1) is 0 Å². The summed E-state index contributed by atoms with van der Waals surface area (Å²) in [6.07, 6.45) is 4.83. The van der Waals surface area contributed by atoms with Crippen LogP contribution in [0.5, 0.6) is 17.2 Å². The van der Waals surface area contributed by atoms with E-state index in [1.54, 1.807) is 21.3 Å². The Morgan fingerprint density at radius 1 is 0.810 bits per heavy atom. The van der Waals surface area contributed by atoms with Crippen molar-refractivity contribution in [3.8, 4) is 17.2 Å². The topological polar surface area (TPSA) is 27.7 Å². The van der Waals surface area contributed by atoms with Gasteiger partial charge in [-0.1, -0.05) is 44.6 Å². The van der Waals surface area contributed by atoms with Gasteiger partial charge in [-0.15, -0.1) is 0 Å². The lowest BCUT2D eigenvalue weighted by Gasteiger charge is -2.16. The SMILES string of the molecule is COc1ccc(CCCCC[Si](C)(C)C)c(OC)c1OC. The maximum absolute atomic E-state index is 5.52. The third-order valence-electron chi connectivity index (χ3n) is 3.66. The van der Waals surface area contributed by atoms with E-state index in [-0.39, 0.29) is 0 Å². The Morgan fingerprint density at radius 2 is 1.48 bits per heavy atom. The molecule has 21 heavy (non-hydrogen) atoms. The second-order valence-corrected chi connectivity index (χ2v) is 12.2. The molecule has 0 aliphatic rings. The summed E-state index contributed by atoms with van der Waals surface area (Å²) in [6.45, 7) is 7.30. The summed E-state index contributed by atoms with van der Waals surface area (Å²) < 4.78 is 16.3. The Hall–Kier alpha value is -1.16. The molecule has 120 valence electrons. The minimum absolute atomic E-state index is 0.694. The second kappa shape index (κ2) is 8.32. The molecular formula is C17H30O3Si. The zero-order chi connectivity index (χ0) is 15.9. The number of unbranched alkanes of at least 4 members (excludes halogenated alkanes) is 2. The molecule has 1 aromatic rings. The van der Waals surface area contributed by atoms with Gasteiger partial charge < -0.3 is 14.2 Å². The molecule has 0 aliphatic heterocycles. The molecule has 0 amide bonds. The van der Waals surface area contributed by atoms with Gasteiger partial charge in [-0.3, -0.25) is 0 Å². The van der Waals surface area contributed by atoms with E-state index in [0.717, 1.165) is 17.9 Å². The van der Waals surface area contributed by atoms with Gasteiger partial charge in [-0.25, -0.2) is 0 Å². The van der Waals surface area contributed by atoms with Gasteiger partial charge in [0.05, 0.1) is 21.3 Å². The molecule has 1 aromatic carbocycles. The van der Waals surface area contributed by atoms with Crippen LogP contribution < -0.4 is 14.2 Å². The van der Waals surface area contributed by atoms with Gasteiger partial charge in [0.1, 0.15) is 0 Å². The molecule has 3 nitrogen and oxygen atoms in total. The number of hydrogen-bond donors (Lipinski definition) is 0. The summed E-state index contributed by atoms with van der Waals surface area (Å²) in [5, 5.41) is 0. The van der Waals surface area contributed by atoms with E-state index in [9.17, 15) is 0 Å². The second-order valence-electron chi connectivity index (χ2n) is 6.61. The standard InChI is InChI=1S/C17H30O3Si/c1-18-15-12-11-14(16(19-2)17(15)20-3)10-8-7-9-13-21(4,5)6/h11-12H,7-10,13H2,1-6H3. The van der Waals surface area contributed by atoms with E-state index < -0.39 is 8.07 Å². The molecule has 0 heterocycles. The van der Waals surface area contributed by atoms with Gasteiger partial charge in [0, 0.05) is 8.07 Å².